The predicted octanol–water partition coefficient (Wildman–Crippen LogP) is 2.55. The number of hydrogen-bond acceptors (Lipinski definition) is 3. The summed E-state index contributed by atoms with van der Waals surface area (Å²) >= 11 is 0. The van der Waals surface area contributed by atoms with E-state index in [2.05, 4.69) is 4.98 Å². The number of hydrogen-bond donors (Lipinski definition) is 1. The van der Waals surface area contributed by atoms with Gasteiger partial charge in [-0.05, 0) is 43.4 Å². The fraction of sp³-hybridized carbons (Fsp3) is 0.467. The second-order valence-corrected chi connectivity index (χ2v) is 5.32. The average Bonchev–Trinajstić information content (AvgIpc) is 3.18. The Kier molecular flexibility index (Phi) is 3.69. The van der Waals surface area contributed by atoms with Gasteiger partial charge in [-0.1, -0.05) is 0 Å². The molecule has 0 atom stereocenters. The SMILES string of the molecule is O=C(O)c1ccc2ncn(CCCOCC3CC3)c2c1. The first-order valence-electron chi connectivity index (χ1n) is 7.00. The number of imidazole rings is 1. The van der Waals surface area contributed by atoms with E-state index in [1.54, 1.807) is 24.5 Å². The quantitative estimate of drug-likeness (QED) is 0.788. The van der Waals surface area contributed by atoms with Crippen LogP contribution in [0.1, 0.15) is 29.6 Å². The molecule has 1 aliphatic carbocycles. The van der Waals surface area contributed by atoms with Gasteiger partial charge in [0.25, 0.3) is 0 Å². The van der Waals surface area contributed by atoms with Gasteiger partial charge in [-0.2, -0.15) is 0 Å². The molecule has 1 aliphatic rings. The number of carboxylic acid groups (broad SMARTS) is 1. The van der Waals surface area contributed by atoms with Crippen LogP contribution < -0.4 is 0 Å². The van der Waals surface area contributed by atoms with Crippen molar-refractivity contribution in [2.45, 2.75) is 25.8 Å². The predicted molar refractivity (Wildman–Crippen MR) is 74.9 cm³/mol. The van der Waals surface area contributed by atoms with Gasteiger partial charge in [0, 0.05) is 19.8 Å². The van der Waals surface area contributed by atoms with Gasteiger partial charge in [0.2, 0.25) is 0 Å². The van der Waals surface area contributed by atoms with Gasteiger partial charge < -0.3 is 14.4 Å². The molecule has 0 bridgehead atoms. The highest BCUT2D eigenvalue weighted by Gasteiger charge is 2.20. The van der Waals surface area contributed by atoms with Gasteiger partial charge in [0.1, 0.15) is 0 Å². The Morgan fingerprint density at radius 2 is 2.30 bits per heavy atom. The van der Waals surface area contributed by atoms with E-state index >= 15 is 0 Å². The first kappa shape index (κ1) is 13.1. The van der Waals surface area contributed by atoms with Crippen LogP contribution in [0.2, 0.25) is 0 Å². The number of benzene rings is 1. The van der Waals surface area contributed by atoms with Gasteiger partial charge in [-0.25, -0.2) is 9.78 Å². The molecule has 20 heavy (non-hydrogen) atoms. The summed E-state index contributed by atoms with van der Waals surface area (Å²) in [7, 11) is 0. The number of carboxylic acids is 1. The maximum atomic E-state index is 11.0. The molecule has 3 rings (SSSR count). The molecule has 0 saturated heterocycles. The van der Waals surface area contributed by atoms with Crippen molar-refractivity contribution in [3.8, 4) is 0 Å². The molecule has 1 fully saturated rings. The summed E-state index contributed by atoms with van der Waals surface area (Å²) < 4.78 is 7.59. The third-order valence-electron chi connectivity index (χ3n) is 3.61. The van der Waals surface area contributed by atoms with Crippen molar-refractivity contribution < 1.29 is 14.6 Å². The van der Waals surface area contributed by atoms with Crippen LogP contribution in [0.15, 0.2) is 24.5 Å². The fourth-order valence-electron chi connectivity index (χ4n) is 2.24. The largest absolute Gasteiger partial charge is 0.478 e. The fourth-order valence-corrected chi connectivity index (χ4v) is 2.24. The summed E-state index contributed by atoms with van der Waals surface area (Å²) in [5.74, 6) is -0.116. The number of carbonyl (C=O) groups is 1. The summed E-state index contributed by atoms with van der Waals surface area (Å²) in [4.78, 5) is 15.3. The van der Waals surface area contributed by atoms with Crippen LogP contribution >= 0.6 is 0 Å². The minimum absolute atomic E-state index is 0.296. The third kappa shape index (κ3) is 2.99. The Hall–Kier alpha value is -1.88. The zero-order valence-electron chi connectivity index (χ0n) is 11.3. The average molecular weight is 274 g/mol. The van der Waals surface area contributed by atoms with E-state index < -0.39 is 5.97 Å². The van der Waals surface area contributed by atoms with Crippen molar-refractivity contribution >= 4 is 17.0 Å². The number of nitrogens with zero attached hydrogens (tertiary/aromatic N) is 2. The summed E-state index contributed by atoms with van der Waals surface area (Å²) in [6.07, 6.45) is 5.29. The highest BCUT2D eigenvalue weighted by atomic mass is 16.5. The van der Waals surface area contributed by atoms with E-state index in [-0.39, 0.29) is 0 Å². The van der Waals surface area contributed by atoms with Crippen molar-refractivity contribution in [1.29, 1.82) is 0 Å². The summed E-state index contributed by atoms with van der Waals surface area (Å²) in [6, 6.07) is 5.01. The van der Waals surface area contributed by atoms with Crippen molar-refractivity contribution in [2.24, 2.45) is 5.92 Å². The maximum absolute atomic E-state index is 11.0. The molecule has 5 nitrogen and oxygen atoms in total. The first-order chi connectivity index (χ1) is 9.74. The van der Waals surface area contributed by atoms with E-state index in [4.69, 9.17) is 9.84 Å². The molecule has 1 heterocycles. The Balaban J connectivity index is 1.61. The molecule has 0 aliphatic heterocycles. The normalized spacial score (nSPS) is 14.8. The van der Waals surface area contributed by atoms with Crippen molar-refractivity contribution in [1.82, 2.24) is 9.55 Å². The van der Waals surface area contributed by atoms with E-state index in [1.165, 1.54) is 12.8 Å². The molecule has 1 N–H and O–H groups in total. The summed E-state index contributed by atoms with van der Waals surface area (Å²) in [5, 5.41) is 9.03. The monoisotopic (exact) mass is 274 g/mol. The van der Waals surface area contributed by atoms with Gasteiger partial charge in [-0.15, -0.1) is 0 Å². The van der Waals surface area contributed by atoms with Crippen molar-refractivity contribution in [2.75, 3.05) is 13.2 Å². The number of fused-ring (bicyclic) bond motifs is 1. The van der Waals surface area contributed by atoms with Crippen LogP contribution in [-0.4, -0.2) is 33.8 Å². The molecule has 0 unspecified atom stereocenters. The Bertz CT molecular complexity index is 617. The van der Waals surface area contributed by atoms with Crippen molar-refractivity contribution in [3.63, 3.8) is 0 Å². The minimum Gasteiger partial charge on any atom is -0.478 e. The second-order valence-electron chi connectivity index (χ2n) is 5.32. The summed E-state index contributed by atoms with van der Waals surface area (Å²) in [5.41, 5.74) is 1.99. The van der Waals surface area contributed by atoms with Gasteiger partial charge in [0.05, 0.1) is 22.9 Å². The zero-order valence-corrected chi connectivity index (χ0v) is 11.3. The zero-order chi connectivity index (χ0) is 13.9. The van der Waals surface area contributed by atoms with Gasteiger partial charge in [0.15, 0.2) is 0 Å². The molecule has 1 aromatic carbocycles. The van der Waals surface area contributed by atoms with E-state index in [1.807, 2.05) is 4.57 Å². The molecule has 106 valence electrons. The van der Waals surface area contributed by atoms with Gasteiger partial charge >= 0.3 is 5.97 Å². The lowest BCUT2D eigenvalue weighted by molar-refractivity contribution is 0.0697. The topological polar surface area (TPSA) is 64.3 Å². The van der Waals surface area contributed by atoms with E-state index in [0.29, 0.717) is 5.56 Å². The minimum atomic E-state index is -0.910. The standard InChI is InChI=1S/C15H18N2O3/c18-15(19)12-4-5-13-14(8-12)17(10-16-13)6-1-7-20-9-11-2-3-11/h4-5,8,10-11H,1-3,6-7,9H2,(H,18,19). The number of aryl methyl sites for hydroxylation is 1. The Morgan fingerprint density at radius 3 is 3.05 bits per heavy atom. The number of rotatable bonds is 7. The highest BCUT2D eigenvalue weighted by Crippen LogP contribution is 2.28. The molecule has 0 amide bonds. The Labute approximate surface area is 117 Å². The molecular weight excluding hydrogens is 256 g/mol. The summed E-state index contributed by atoms with van der Waals surface area (Å²) in [6.45, 7) is 2.42. The number of aromatic carboxylic acids is 1. The van der Waals surface area contributed by atoms with E-state index in [9.17, 15) is 4.79 Å². The Morgan fingerprint density at radius 1 is 1.45 bits per heavy atom. The maximum Gasteiger partial charge on any atom is 0.335 e. The first-order valence-corrected chi connectivity index (χ1v) is 7.00. The van der Waals surface area contributed by atoms with E-state index in [0.717, 1.165) is 43.1 Å². The number of ether oxygens (including phenoxy) is 1. The second kappa shape index (κ2) is 5.63. The molecule has 1 saturated carbocycles. The molecule has 1 aromatic heterocycles. The lowest BCUT2D eigenvalue weighted by Gasteiger charge is -2.06. The van der Waals surface area contributed by atoms with Crippen LogP contribution in [0.5, 0.6) is 0 Å². The molecule has 2 aromatic rings. The van der Waals surface area contributed by atoms with Crippen LogP contribution in [0.3, 0.4) is 0 Å². The lowest BCUT2D eigenvalue weighted by atomic mass is 10.2. The molecule has 0 radical (unpaired) electrons. The lowest BCUT2D eigenvalue weighted by Crippen LogP contribution is -2.04. The van der Waals surface area contributed by atoms with Crippen molar-refractivity contribution in [3.05, 3.63) is 30.1 Å². The highest BCUT2D eigenvalue weighted by molar-refractivity contribution is 5.92. The molecule has 0 spiro atoms. The van der Waals surface area contributed by atoms with Crippen LogP contribution in [0, 0.1) is 5.92 Å². The van der Waals surface area contributed by atoms with Crippen LogP contribution in [0.4, 0.5) is 0 Å². The third-order valence-corrected chi connectivity index (χ3v) is 3.61. The molecular formula is C15H18N2O3. The molecule has 5 heteroatoms. The van der Waals surface area contributed by atoms with Gasteiger partial charge in [-0.3, -0.25) is 0 Å². The smallest absolute Gasteiger partial charge is 0.335 e. The van der Waals surface area contributed by atoms with Crippen LogP contribution in [-0.2, 0) is 11.3 Å². The number of aromatic nitrogens is 2. The van der Waals surface area contributed by atoms with Crippen LogP contribution in [0.25, 0.3) is 11.0 Å².